The van der Waals surface area contributed by atoms with Gasteiger partial charge < -0.3 is 4.74 Å². The van der Waals surface area contributed by atoms with Crippen molar-refractivity contribution in [3.05, 3.63) is 24.3 Å². The molecule has 0 spiro atoms. The van der Waals surface area contributed by atoms with Crippen molar-refractivity contribution in [2.45, 2.75) is 35.8 Å². The Morgan fingerprint density at radius 1 is 1.24 bits per heavy atom. The van der Waals surface area contributed by atoms with E-state index in [0.717, 1.165) is 18.6 Å². The number of hydrogen-bond acceptors (Lipinski definition) is 3. The minimum absolute atomic E-state index is 0.218. The number of ether oxygens (including phenoxy) is 1. The highest BCUT2D eigenvalue weighted by Crippen LogP contribution is 2.37. The van der Waals surface area contributed by atoms with Gasteiger partial charge in [0.05, 0.1) is 19.1 Å². The van der Waals surface area contributed by atoms with Gasteiger partial charge in [-0.25, -0.2) is 0 Å². The molecule has 1 fully saturated rings. The molecule has 2 atom stereocenters. The molecule has 2 unspecified atom stereocenters. The third kappa shape index (κ3) is 3.17. The standard InChI is InChI=1S/C14H17NOS/c1-16-12-6-8-13(9-7-12)17-14-5-3-2-4-11(14)10-15/h6-9,11,14H,2-5H2,1H3. The van der Waals surface area contributed by atoms with Crippen molar-refractivity contribution in [2.75, 3.05) is 7.11 Å². The molecule has 1 aromatic carbocycles. The number of rotatable bonds is 3. The Hall–Kier alpha value is -1.14. The first-order valence-corrected chi connectivity index (χ1v) is 6.92. The average molecular weight is 247 g/mol. The summed E-state index contributed by atoms with van der Waals surface area (Å²) in [5.74, 6) is 1.10. The summed E-state index contributed by atoms with van der Waals surface area (Å²) in [5, 5.41) is 9.60. The Morgan fingerprint density at radius 2 is 1.94 bits per heavy atom. The largest absolute Gasteiger partial charge is 0.497 e. The van der Waals surface area contributed by atoms with Gasteiger partial charge in [0.25, 0.3) is 0 Å². The van der Waals surface area contributed by atoms with Crippen molar-refractivity contribution in [1.29, 1.82) is 5.26 Å². The number of benzene rings is 1. The average Bonchev–Trinajstić information content (AvgIpc) is 2.40. The Bertz CT molecular complexity index is 396. The molecule has 1 aliphatic rings. The van der Waals surface area contributed by atoms with Crippen LogP contribution in [-0.4, -0.2) is 12.4 Å². The monoisotopic (exact) mass is 247 g/mol. The molecular weight excluding hydrogens is 230 g/mol. The van der Waals surface area contributed by atoms with E-state index in [9.17, 15) is 0 Å². The summed E-state index contributed by atoms with van der Waals surface area (Å²) in [4.78, 5) is 1.23. The van der Waals surface area contributed by atoms with E-state index >= 15 is 0 Å². The van der Waals surface area contributed by atoms with Gasteiger partial charge in [-0.05, 0) is 37.1 Å². The number of methoxy groups -OCH3 is 1. The van der Waals surface area contributed by atoms with Crippen LogP contribution in [0.4, 0.5) is 0 Å². The SMILES string of the molecule is COc1ccc(SC2CCCCC2C#N)cc1. The van der Waals surface area contributed by atoms with Gasteiger partial charge in [0.1, 0.15) is 5.75 Å². The number of nitrogens with zero attached hydrogens (tertiary/aromatic N) is 1. The molecule has 0 heterocycles. The van der Waals surface area contributed by atoms with Crippen LogP contribution in [0.15, 0.2) is 29.2 Å². The summed E-state index contributed by atoms with van der Waals surface area (Å²) in [6.07, 6.45) is 4.68. The van der Waals surface area contributed by atoms with E-state index in [2.05, 4.69) is 18.2 Å². The zero-order valence-corrected chi connectivity index (χ0v) is 10.9. The minimum Gasteiger partial charge on any atom is -0.497 e. The van der Waals surface area contributed by atoms with Crippen molar-refractivity contribution in [1.82, 2.24) is 0 Å². The summed E-state index contributed by atoms with van der Waals surface area (Å²) in [6.45, 7) is 0. The Morgan fingerprint density at radius 3 is 2.59 bits per heavy atom. The zero-order chi connectivity index (χ0) is 12.1. The van der Waals surface area contributed by atoms with Gasteiger partial charge in [-0.2, -0.15) is 5.26 Å². The molecule has 0 N–H and O–H groups in total. The van der Waals surface area contributed by atoms with E-state index in [1.165, 1.54) is 17.7 Å². The van der Waals surface area contributed by atoms with Crippen molar-refractivity contribution < 1.29 is 4.74 Å². The van der Waals surface area contributed by atoms with Crippen molar-refractivity contribution >= 4 is 11.8 Å². The van der Waals surface area contributed by atoms with E-state index in [1.54, 1.807) is 7.11 Å². The van der Waals surface area contributed by atoms with Crippen molar-refractivity contribution in [3.8, 4) is 11.8 Å². The molecular formula is C14H17NOS. The van der Waals surface area contributed by atoms with E-state index < -0.39 is 0 Å². The highest BCUT2D eigenvalue weighted by molar-refractivity contribution is 8.00. The van der Waals surface area contributed by atoms with E-state index in [-0.39, 0.29) is 5.92 Å². The Labute approximate surface area is 107 Å². The van der Waals surface area contributed by atoms with Crippen LogP contribution in [0.3, 0.4) is 0 Å². The second kappa shape index (κ2) is 5.97. The molecule has 1 saturated carbocycles. The predicted octanol–water partition coefficient (Wildman–Crippen LogP) is 3.87. The maximum atomic E-state index is 9.14. The third-order valence-corrected chi connectivity index (χ3v) is 4.63. The summed E-state index contributed by atoms with van der Waals surface area (Å²) < 4.78 is 5.14. The van der Waals surface area contributed by atoms with Crippen LogP contribution >= 0.6 is 11.8 Å². The first-order valence-electron chi connectivity index (χ1n) is 6.04. The van der Waals surface area contributed by atoms with Gasteiger partial charge >= 0.3 is 0 Å². The molecule has 3 heteroatoms. The molecule has 17 heavy (non-hydrogen) atoms. The molecule has 0 bridgehead atoms. The van der Waals surface area contributed by atoms with Crippen LogP contribution in [0.1, 0.15) is 25.7 Å². The molecule has 2 nitrogen and oxygen atoms in total. The highest BCUT2D eigenvalue weighted by atomic mass is 32.2. The highest BCUT2D eigenvalue weighted by Gasteiger charge is 2.25. The Balaban J connectivity index is 2.01. The van der Waals surface area contributed by atoms with Gasteiger partial charge in [-0.15, -0.1) is 11.8 Å². The number of hydrogen-bond donors (Lipinski definition) is 0. The fourth-order valence-corrected chi connectivity index (χ4v) is 3.50. The maximum absolute atomic E-state index is 9.14. The lowest BCUT2D eigenvalue weighted by Crippen LogP contribution is -2.20. The summed E-state index contributed by atoms with van der Waals surface area (Å²) in [6, 6.07) is 10.6. The van der Waals surface area contributed by atoms with Crippen LogP contribution in [0.5, 0.6) is 5.75 Å². The minimum atomic E-state index is 0.218. The molecule has 0 aromatic heterocycles. The fourth-order valence-electron chi connectivity index (χ4n) is 2.21. The molecule has 0 aliphatic heterocycles. The maximum Gasteiger partial charge on any atom is 0.118 e. The van der Waals surface area contributed by atoms with Crippen LogP contribution in [-0.2, 0) is 0 Å². The lowest BCUT2D eigenvalue weighted by Gasteiger charge is -2.26. The zero-order valence-electron chi connectivity index (χ0n) is 10.1. The molecule has 1 aromatic rings. The van der Waals surface area contributed by atoms with Gasteiger partial charge in [0, 0.05) is 10.1 Å². The lowest BCUT2D eigenvalue weighted by atomic mass is 9.90. The van der Waals surface area contributed by atoms with Crippen molar-refractivity contribution in [3.63, 3.8) is 0 Å². The number of nitriles is 1. The molecule has 90 valence electrons. The van der Waals surface area contributed by atoms with Gasteiger partial charge in [-0.1, -0.05) is 12.8 Å². The van der Waals surface area contributed by atoms with E-state index in [4.69, 9.17) is 10.00 Å². The molecule has 0 amide bonds. The van der Waals surface area contributed by atoms with E-state index in [0.29, 0.717) is 5.25 Å². The smallest absolute Gasteiger partial charge is 0.118 e. The summed E-state index contributed by atoms with van der Waals surface area (Å²) in [7, 11) is 1.68. The van der Waals surface area contributed by atoms with Crippen LogP contribution in [0.2, 0.25) is 0 Å². The van der Waals surface area contributed by atoms with Crippen LogP contribution < -0.4 is 4.74 Å². The predicted molar refractivity (Wildman–Crippen MR) is 70.2 cm³/mol. The molecule has 0 radical (unpaired) electrons. The topological polar surface area (TPSA) is 33.0 Å². The quantitative estimate of drug-likeness (QED) is 0.813. The molecule has 2 rings (SSSR count). The second-order valence-electron chi connectivity index (χ2n) is 4.35. The number of thioether (sulfide) groups is 1. The molecule has 0 saturated heterocycles. The third-order valence-electron chi connectivity index (χ3n) is 3.22. The molecule has 1 aliphatic carbocycles. The normalized spacial score (nSPS) is 24.0. The van der Waals surface area contributed by atoms with Crippen LogP contribution in [0, 0.1) is 17.2 Å². The second-order valence-corrected chi connectivity index (χ2v) is 5.66. The van der Waals surface area contributed by atoms with Gasteiger partial charge in [0.15, 0.2) is 0 Å². The van der Waals surface area contributed by atoms with Gasteiger partial charge in [0.2, 0.25) is 0 Å². The van der Waals surface area contributed by atoms with Gasteiger partial charge in [-0.3, -0.25) is 0 Å². The first-order chi connectivity index (χ1) is 8.33. The van der Waals surface area contributed by atoms with Crippen LogP contribution in [0.25, 0.3) is 0 Å². The first kappa shape index (κ1) is 12.3. The van der Waals surface area contributed by atoms with Crippen molar-refractivity contribution in [2.24, 2.45) is 5.92 Å². The lowest BCUT2D eigenvalue weighted by molar-refractivity contribution is 0.414. The summed E-state index contributed by atoms with van der Waals surface area (Å²) in [5.41, 5.74) is 0. The fraction of sp³-hybridized carbons (Fsp3) is 0.500. The Kier molecular flexibility index (Phi) is 4.33. The summed E-state index contributed by atoms with van der Waals surface area (Å²) >= 11 is 1.84. The van der Waals surface area contributed by atoms with E-state index in [1.807, 2.05) is 23.9 Å².